The third-order valence-corrected chi connectivity index (χ3v) is 4.17. The molecule has 1 fully saturated rings. The van der Waals surface area contributed by atoms with Crippen molar-refractivity contribution in [2.75, 3.05) is 20.1 Å². The maximum Gasteiger partial charge on any atom is 0.123 e. The Balaban J connectivity index is 1.60. The normalized spacial score (nSPS) is 23.5. The summed E-state index contributed by atoms with van der Waals surface area (Å²) < 4.78 is 13.0. The van der Waals surface area contributed by atoms with Gasteiger partial charge in [-0.25, -0.2) is 4.39 Å². The second-order valence-corrected chi connectivity index (χ2v) is 5.59. The lowest BCUT2D eigenvalue weighted by Gasteiger charge is -2.28. The van der Waals surface area contributed by atoms with E-state index >= 15 is 0 Å². The molecule has 1 aromatic rings. The first-order valence-electron chi connectivity index (χ1n) is 7.40. The number of benzene rings is 1. The highest BCUT2D eigenvalue weighted by molar-refractivity contribution is 5.16. The molecule has 3 heteroatoms. The Morgan fingerprint density at radius 2 is 2.00 bits per heavy atom. The van der Waals surface area contributed by atoms with E-state index in [0.717, 1.165) is 37.0 Å². The van der Waals surface area contributed by atoms with Crippen molar-refractivity contribution < 1.29 is 4.39 Å². The van der Waals surface area contributed by atoms with Crippen molar-refractivity contribution in [3.05, 3.63) is 35.6 Å². The Hall–Kier alpha value is -0.930. The van der Waals surface area contributed by atoms with Gasteiger partial charge >= 0.3 is 0 Å². The van der Waals surface area contributed by atoms with E-state index in [1.54, 1.807) is 12.1 Å². The lowest BCUT2D eigenvalue weighted by molar-refractivity contribution is 0.293. The smallest absolute Gasteiger partial charge is 0.123 e. The Morgan fingerprint density at radius 3 is 2.68 bits per heavy atom. The quantitative estimate of drug-likeness (QED) is 0.772. The van der Waals surface area contributed by atoms with E-state index in [-0.39, 0.29) is 5.82 Å². The topological polar surface area (TPSA) is 24.1 Å². The van der Waals surface area contributed by atoms with Gasteiger partial charge in [-0.1, -0.05) is 12.1 Å². The van der Waals surface area contributed by atoms with E-state index in [0.29, 0.717) is 0 Å². The predicted molar refractivity (Wildman–Crippen MR) is 77.8 cm³/mol. The van der Waals surface area contributed by atoms with Crippen LogP contribution < -0.4 is 10.6 Å². The molecule has 0 unspecified atom stereocenters. The first-order valence-corrected chi connectivity index (χ1v) is 7.40. The molecule has 1 saturated carbocycles. The summed E-state index contributed by atoms with van der Waals surface area (Å²) in [5.74, 6) is 0.681. The van der Waals surface area contributed by atoms with Crippen LogP contribution >= 0.6 is 0 Å². The van der Waals surface area contributed by atoms with Crippen molar-refractivity contribution >= 4 is 0 Å². The SMILES string of the molecule is CNC1CCC(CNCCc2cccc(F)c2)CC1. The van der Waals surface area contributed by atoms with Crippen LogP contribution in [-0.2, 0) is 6.42 Å². The van der Waals surface area contributed by atoms with Crippen LogP contribution in [0.1, 0.15) is 31.2 Å². The van der Waals surface area contributed by atoms with E-state index in [1.165, 1.54) is 31.7 Å². The second kappa shape index (κ2) is 7.61. The molecule has 2 nitrogen and oxygen atoms in total. The van der Waals surface area contributed by atoms with Gasteiger partial charge in [-0.3, -0.25) is 0 Å². The lowest BCUT2D eigenvalue weighted by Crippen LogP contribution is -2.34. The molecule has 0 heterocycles. The molecule has 0 spiro atoms. The number of nitrogens with one attached hydrogen (secondary N) is 2. The lowest BCUT2D eigenvalue weighted by atomic mass is 9.86. The summed E-state index contributed by atoms with van der Waals surface area (Å²) in [5, 5.41) is 6.88. The zero-order valence-electron chi connectivity index (χ0n) is 11.8. The molecule has 1 aromatic carbocycles. The van der Waals surface area contributed by atoms with Gasteiger partial charge in [0.15, 0.2) is 0 Å². The number of halogens is 1. The summed E-state index contributed by atoms with van der Waals surface area (Å²) >= 11 is 0. The third-order valence-electron chi connectivity index (χ3n) is 4.17. The minimum Gasteiger partial charge on any atom is -0.317 e. The van der Waals surface area contributed by atoms with Crippen molar-refractivity contribution in [1.82, 2.24) is 10.6 Å². The van der Waals surface area contributed by atoms with E-state index < -0.39 is 0 Å². The predicted octanol–water partition coefficient (Wildman–Crippen LogP) is 2.74. The van der Waals surface area contributed by atoms with E-state index in [9.17, 15) is 4.39 Å². The molecule has 0 aromatic heterocycles. The van der Waals surface area contributed by atoms with Crippen LogP contribution in [0.2, 0.25) is 0 Å². The summed E-state index contributed by atoms with van der Waals surface area (Å²) in [6.45, 7) is 2.04. The Labute approximate surface area is 115 Å². The van der Waals surface area contributed by atoms with Gasteiger partial charge in [0.25, 0.3) is 0 Å². The summed E-state index contributed by atoms with van der Waals surface area (Å²) in [7, 11) is 2.06. The van der Waals surface area contributed by atoms with Gasteiger partial charge < -0.3 is 10.6 Å². The zero-order chi connectivity index (χ0) is 13.5. The average molecular weight is 264 g/mol. The Kier molecular flexibility index (Phi) is 5.80. The molecule has 0 amide bonds. The van der Waals surface area contributed by atoms with Gasteiger partial charge in [0.2, 0.25) is 0 Å². The highest BCUT2D eigenvalue weighted by Gasteiger charge is 2.19. The van der Waals surface area contributed by atoms with Crippen LogP contribution in [0.3, 0.4) is 0 Å². The molecule has 19 heavy (non-hydrogen) atoms. The van der Waals surface area contributed by atoms with Gasteiger partial charge in [-0.05, 0) is 75.9 Å². The van der Waals surface area contributed by atoms with Crippen molar-refractivity contribution in [2.24, 2.45) is 5.92 Å². The highest BCUT2D eigenvalue weighted by atomic mass is 19.1. The summed E-state index contributed by atoms with van der Waals surface area (Å²) in [6.07, 6.45) is 6.14. The fourth-order valence-electron chi connectivity index (χ4n) is 2.89. The van der Waals surface area contributed by atoms with Gasteiger partial charge in [-0.2, -0.15) is 0 Å². The maximum absolute atomic E-state index is 13.0. The van der Waals surface area contributed by atoms with Gasteiger partial charge in [0, 0.05) is 6.04 Å². The molecule has 2 rings (SSSR count). The summed E-state index contributed by atoms with van der Waals surface area (Å²) in [5.41, 5.74) is 1.08. The standard InChI is InChI=1S/C16H25FN2/c1-18-16-7-5-14(6-8-16)12-19-10-9-13-3-2-4-15(17)11-13/h2-4,11,14,16,18-19H,5-10,12H2,1H3. The van der Waals surface area contributed by atoms with Crippen molar-refractivity contribution in [3.8, 4) is 0 Å². The first kappa shape index (κ1) is 14.5. The van der Waals surface area contributed by atoms with E-state index in [1.807, 2.05) is 6.07 Å². The number of hydrogen-bond acceptors (Lipinski definition) is 2. The van der Waals surface area contributed by atoms with Crippen LogP contribution in [-0.4, -0.2) is 26.2 Å². The molecule has 106 valence electrons. The summed E-state index contributed by atoms with van der Waals surface area (Å²) in [6, 6.07) is 7.62. The molecule has 0 radical (unpaired) electrons. The minimum atomic E-state index is -0.136. The van der Waals surface area contributed by atoms with Gasteiger partial charge in [0.1, 0.15) is 5.82 Å². The molecule has 1 aliphatic carbocycles. The van der Waals surface area contributed by atoms with Gasteiger partial charge in [0.05, 0.1) is 0 Å². The van der Waals surface area contributed by atoms with E-state index in [4.69, 9.17) is 0 Å². The van der Waals surface area contributed by atoms with Crippen molar-refractivity contribution in [3.63, 3.8) is 0 Å². The molecule has 0 bridgehead atoms. The second-order valence-electron chi connectivity index (χ2n) is 5.59. The zero-order valence-corrected chi connectivity index (χ0v) is 11.8. The number of rotatable bonds is 6. The van der Waals surface area contributed by atoms with Crippen LogP contribution in [0.25, 0.3) is 0 Å². The van der Waals surface area contributed by atoms with Crippen LogP contribution in [0.15, 0.2) is 24.3 Å². The molecule has 0 atom stereocenters. The largest absolute Gasteiger partial charge is 0.317 e. The van der Waals surface area contributed by atoms with Crippen LogP contribution in [0.5, 0.6) is 0 Å². The highest BCUT2D eigenvalue weighted by Crippen LogP contribution is 2.23. The Morgan fingerprint density at radius 1 is 1.21 bits per heavy atom. The van der Waals surface area contributed by atoms with E-state index in [2.05, 4.69) is 17.7 Å². The third kappa shape index (κ3) is 4.92. The molecule has 2 N–H and O–H groups in total. The Bertz CT molecular complexity index is 373. The fraction of sp³-hybridized carbons (Fsp3) is 0.625. The van der Waals surface area contributed by atoms with Crippen molar-refractivity contribution in [1.29, 1.82) is 0 Å². The average Bonchev–Trinajstić information content (AvgIpc) is 2.44. The molecule has 0 aliphatic heterocycles. The molecular formula is C16H25FN2. The number of hydrogen-bond donors (Lipinski definition) is 2. The minimum absolute atomic E-state index is 0.136. The maximum atomic E-state index is 13.0. The van der Waals surface area contributed by atoms with Crippen molar-refractivity contribution in [2.45, 2.75) is 38.1 Å². The van der Waals surface area contributed by atoms with Gasteiger partial charge in [-0.15, -0.1) is 0 Å². The monoisotopic (exact) mass is 264 g/mol. The molecule has 0 saturated heterocycles. The molecular weight excluding hydrogens is 239 g/mol. The molecule has 1 aliphatic rings. The fourth-order valence-corrected chi connectivity index (χ4v) is 2.89. The first-order chi connectivity index (χ1) is 9.28. The summed E-state index contributed by atoms with van der Waals surface area (Å²) in [4.78, 5) is 0. The van der Waals surface area contributed by atoms with Crippen LogP contribution in [0.4, 0.5) is 4.39 Å². The van der Waals surface area contributed by atoms with Crippen LogP contribution in [0, 0.1) is 11.7 Å².